The summed E-state index contributed by atoms with van der Waals surface area (Å²) in [6.45, 7) is 2.14. The minimum Gasteiger partial charge on any atom is -0.334 e. The Kier molecular flexibility index (Phi) is 5.06. The predicted molar refractivity (Wildman–Crippen MR) is 108 cm³/mol. The van der Waals surface area contributed by atoms with Gasteiger partial charge in [0.25, 0.3) is 0 Å². The van der Waals surface area contributed by atoms with E-state index in [-0.39, 0.29) is 12.5 Å². The van der Waals surface area contributed by atoms with Gasteiger partial charge in [-0.05, 0) is 53.2 Å². The molecule has 0 saturated carbocycles. The molecule has 0 atom stereocenters. The molecule has 0 fully saturated rings. The number of sulfonamides is 1. The summed E-state index contributed by atoms with van der Waals surface area (Å²) in [6, 6.07) is 14.4. The van der Waals surface area contributed by atoms with E-state index in [0.29, 0.717) is 11.4 Å². The van der Waals surface area contributed by atoms with Crippen LogP contribution in [0, 0.1) is 6.92 Å². The largest absolute Gasteiger partial charge is 0.334 e. The highest BCUT2D eigenvalue weighted by Gasteiger charge is 2.14. The molecule has 0 spiro atoms. The Bertz CT molecular complexity index is 1070. The molecule has 0 aliphatic heterocycles. The monoisotopic (exact) mass is 435 g/mol. The summed E-state index contributed by atoms with van der Waals surface area (Å²) in [5.74, 6) is -0.162. The minimum atomic E-state index is -3.32. The first kappa shape index (κ1) is 18.5. The average molecular weight is 436 g/mol. The lowest BCUT2D eigenvalue weighted by atomic mass is 10.2. The van der Waals surface area contributed by atoms with Crippen molar-refractivity contribution in [2.45, 2.75) is 13.5 Å². The quantitative estimate of drug-likeness (QED) is 0.640. The highest BCUT2D eigenvalue weighted by atomic mass is 79.9. The number of halogens is 1. The van der Waals surface area contributed by atoms with Crippen molar-refractivity contribution in [2.75, 3.05) is 16.3 Å². The number of amides is 1. The van der Waals surface area contributed by atoms with Crippen LogP contribution in [0.2, 0.25) is 0 Å². The first-order chi connectivity index (χ1) is 12.2. The van der Waals surface area contributed by atoms with Gasteiger partial charge in [0.1, 0.15) is 6.54 Å². The van der Waals surface area contributed by atoms with Gasteiger partial charge in [-0.2, -0.15) is 0 Å². The van der Waals surface area contributed by atoms with Crippen molar-refractivity contribution in [2.24, 2.45) is 0 Å². The summed E-state index contributed by atoms with van der Waals surface area (Å²) >= 11 is 3.58. The summed E-state index contributed by atoms with van der Waals surface area (Å²) in [4.78, 5) is 12.4. The first-order valence-electron chi connectivity index (χ1n) is 7.85. The molecule has 3 aromatic rings. The van der Waals surface area contributed by atoms with Gasteiger partial charge in [-0.3, -0.25) is 9.52 Å². The summed E-state index contributed by atoms with van der Waals surface area (Å²) in [6.07, 6.45) is 1.09. The van der Waals surface area contributed by atoms with Crippen LogP contribution in [0.3, 0.4) is 0 Å². The SMILES string of the molecule is Cc1c(Br)c2ccccc2n1CC(=O)Nc1ccc(NS(C)(=O)=O)cc1. The number of carbonyl (C=O) groups excluding carboxylic acids is 1. The van der Waals surface area contributed by atoms with E-state index in [1.165, 1.54) is 0 Å². The Labute approximate surface area is 160 Å². The smallest absolute Gasteiger partial charge is 0.244 e. The maximum atomic E-state index is 12.4. The Morgan fingerprint density at radius 2 is 1.69 bits per heavy atom. The van der Waals surface area contributed by atoms with Gasteiger partial charge in [-0.15, -0.1) is 0 Å². The lowest BCUT2D eigenvalue weighted by Gasteiger charge is -2.10. The Hall–Kier alpha value is -2.32. The highest BCUT2D eigenvalue weighted by Crippen LogP contribution is 2.30. The number of aromatic nitrogens is 1. The lowest BCUT2D eigenvalue weighted by Crippen LogP contribution is -2.19. The fraction of sp³-hybridized carbons (Fsp3) is 0.167. The number of fused-ring (bicyclic) bond motifs is 1. The standard InChI is InChI=1S/C18H18BrN3O3S/c1-12-18(19)15-5-3-4-6-16(15)22(12)11-17(23)20-13-7-9-14(10-8-13)21-26(2,24)25/h3-10,21H,11H2,1-2H3,(H,20,23). The Morgan fingerprint density at radius 3 is 2.35 bits per heavy atom. The predicted octanol–water partition coefficient (Wildman–Crippen LogP) is 3.72. The molecule has 3 rings (SSSR count). The number of carbonyl (C=O) groups is 1. The topological polar surface area (TPSA) is 80.2 Å². The van der Waals surface area contributed by atoms with Crippen LogP contribution >= 0.6 is 15.9 Å². The lowest BCUT2D eigenvalue weighted by molar-refractivity contribution is -0.116. The molecule has 0 unspecified atom stereocenters. The molecular weight excluding hydrogens is 418 g/mol. The van der Waals surface area contributed by atoms with Crippen molar-refractivity contribution < 1.29 is 13.2 Å². The maximum absolute atomic E-state index is 12.4. The van der Waals surface area contributed by atoms with Crippen LogP contribution in [0.25, 0.3) is 10.9 Å². The molecule has 0 bridgehead atoms. The van der Waals surface area contributed by atoms with Gasteiger partial charge in [0, 0.05) is 32.4 Å². The zero-order chi connectivity index (χ0) is 18.9. The van der Waals surface area contributed by atoms with Crippen LogP contribution in [0.5, 0.6) is 0 Å². The van der Waals surface area contributed by atoms with Crippen LogP contribution < -0.4 is 10.0 Å². The number of rotatable bonds is 5. The van der Waals surface area contributed by atoms with Crippen LogP contribution in [-0.2, 0) is 21.4 Å². The van der Waals surface area contributed by atoms with Crippen molar-refractivity contribution in [3.05, 3.63) is 58.7 Å². The number of benzene rings is 2. The van der Waals surface area contributed by atoms with E-state index in [2.05, 4.69) is 26.0 Å². The Morgan fingerprint density at radius 1 is 1.08 bits per heavy atom. The molecule has 1 aromatic heterocycles. The molecular formula is C18H18BrN3O3S. The third kappa shape index (κ3) is 4.08. The number of nitrogens with one attached hydrogen (secondary N) is 2. The summed E-state index contributed by atoms with van der Waals surface area (Å²) in [7, 11) is -3.32. The molecule has 0 radical (unpaired) electrons. The van der Waals surface area contributed by atoms with E-state index >= 15 is 0 Å². The van der Waals surface area contributed by atoms with Gasteiger partial charge >= 0.3 is 0 Å². The van der Waals surface area contributed by atoms with Gasteiger partial charge in [-0.25, -0.2) is 8.42 Å². The van der Waals surface area contributed by atoms with E-state index in [1.807, 2.05) is 35.8 Å². The first-order valence-corrected chi connectivity index (χ1v) is 10.5. The summed E-state index contributed by atoms with van der Waals surface area (Å²) in [5.41, 5.74) is 3.01. The molecule has 136 valence electrons. The molecule has 6 nitrogen and oxygen atoms in total. The van der Waals surface area contributed by atoms with Crippen molar-refractivity contribution >= 4 is 54.1 Å². The second kappa shape index (κ2) is 7.13. The number of nitrogens with zero attached hydrogens (tertiary/aromatic N) is 1. The van der Waals surface area contributed by atoms with Crippen LogP contribution in [-0.4, -0.2) is 25.1 Å². The molecule has 1 amide bonds. The highest BCUT2D eigenvalue weighted by molar-refractivity contribution is 9.10. The van der Waals surface area contributed by atoms with E-state index in [0.717, 1.165) is 27.3 Å². The molecule has 0 aliphatic carbocycles. The number of hydrogen-bond donors (Lipinski definition) is 2. The third-order valence-electron chi connectivity index (χ3n) is 3.93. The van der Waals surface area contributed by atoms with Crippen molar-refractivity contribution in [3.8, 4) is 0 Å². The molecule has 2 aromatic carbocycles. The van der Waals surface area contributed by atoms with Gasteiger partial charge in [0.2, 0.25) is 15.9 Å². The third-order valence-corrected chi connectivity index (χ3v) is 5.53. The molecule has 26 heavy (non-hydrogen) atoms. The maximum Gasteiger partial charge on any atom is 0.244 e. The average Bonchev–Trinajstić information content (AvgIpc) is 2.81. The molecule has 2 N–H and O–H groups in total. The van der Waals surface area contributed by atoms with E-state index in [9.17, 15) is 13.2 Å². The number of hydrogen-bond acceptors (Lipinski definition) is 3. The van der Waals surface area contributed by atoms with Crippen molar-refractivity contribution in [1.82, 2.24) is 4.57 Å². The molecule has 8 heteroatoms. The zero-order valence-corrected chi connectivity index (χ0v) is 16.7. The van der Waals surface area contributed by atoms with Gasteiger partial charge in [0.05, 0.1) is 6.26 Å². The number of anilines is 2. The van der Waals surface area contributed by atoms with Gasteiger partial charge < -0.3 is 9.88 Å². The zero-order valence-electron chi connectivity index (χ0n) is 14.3. The van der Waals surface area contributed by atoms with E-state index in [4.69, 9.17) is 0 Å². The second-order valence-corrected chi connectivity index (χ2v) is 8.54. The molecule has 1 heterocycles. The van der Waals surface area contributed by atoms with Crippen molar-refractivity contribution in [3.63, 3.8) is 0 Å². The van der Waals surface area contributed by atoms with E-state index in [1.54, 1.807) is 24.3 Å². The van der Waals surface area contributed by atoms with E-state index < -0.39 is 10.0 Å². The van der Waals surface area contributed by atoms with Gasteiger partial charge in [-0.1, -0.05) is 18.2 Å². The fourth-order valence-corrected chi connectivity index (χ4v) is 3.89. The molecule has 0 saturated heterocycles. The summed E-state index contributed by atoms with van der Waals surface area (Å²) in [5, 5.41) is 3.89. The normalized spacial score (nSPS) is 11.5. The van der Waals surface area contributed by atoms with Crippen molar-refractivity contribution in [1.29, 1.82) is 0 Å². The molecule has 0 aliphatic rings. The second-order valence-electron chi connectivity index (χ2n) is 6.00. The Balaban J connectivity index is 1.75. The van der Waals surface area contributed by atoms with Gasteiger partial charge in [0.15, 0.2) is 0 Å². The van der Waals surface area contributed by atoms with Crippen LogP contribution in [0.1, 0.15) is 5.69 Å². The van der Waals surface area contributed by atoms with Crippen LogP contribution in [0.4, 0.5) is 11.4 Å². The number of para-hydroxylation sites is 1. The minimum absolute atomic E-state index is 0.162. The van der Waals surface area contributed by atoms with Crippen LogP contribution in [0.15, 0.2) is 53.0 Å². The summed E-state index contributed by atoms with van der Waals surface area (Å²) < 4.78 is 27.8. The fourth-order valence-electron chi connectivity index (χ4n) is 2.77.